The molecule has 0 spiro atoms. The van der Waals surface area contributed by atoms with Crippen LogP contribution in [-0.4, -0.2) is 38.5 Å². The number of aliphatic hydroxyl groups is 2. The molecule has 1 unspecified atom stereocenters. The van der Waals surface area contributed by atoms with Gasteiger partial charge in [-0.2, -0.15) is 0 Å². The minimum atomic E-state index is -0.675. The summed E-state index contributed by atoms with van der Waals surface area (Å²) in [6, 6.07) is -0.0192. The summed E-state index contributed by atoms with van der Waals surface area (Å²) in [7, 11) is 1.91. The van der Waals surface area contributed by atoms with Gasteiger partial charge in [0.2, 0.25) is 0 Å². The Balaban J connectivity index is 2.71. The molecule has 86 valence electrons. The van der Waals surface area contributed by atoms with Crippen molar-refractivity contribution in [1.82, 2.24) is 14.9 Å². The maximum Gasteiger partial charge on any atom is 0.125 e. The van der Waals surface area contributed by atoms with Gasteiger partial charge in [-0.1, -0.05) is 0 Å². The fourth-order valence-corrected chi connectivity index (χ4v) is 1.52. The first-order chi connectivity index (χ1) is 7.02. The van der Waals surface area contributed by atoms with Gasteiger partial charge in [0.05, 0.1) is 24.8 Å². The third kappa shape index (κ3) is 2.77. The zero-order valence-electron chi connectivity index (χ0n) is 9.44. The molecule has 0 aliphatic heterocycles. The zero-order valence-corrected chi connectivity index (χ0v) is 9.44. The number of nitrogens with one attached hydrogen (secondary N) is 1. The number of imidazole rings is 1. The van der Waals surface area contributed by atoms with E-state index in [1.165, 1.54) is 0 Å². The highest BCUT2D eigenvalue weighted by atomic mass is 16.3. The van der Waals surface area contributed by atoms with Crippen LogP contribution in [0.3, 0.4) is 0 Å². The molecule has 3 N–H and O–H groups in total. The van der Waals surface area contributed by atoms with E-state index >= 15 is 0 Å². The van der Waals surface area contributed by atoms with Crippen molar-refractivity contribution in [1.29, 1.82) is 0 Å². The van der Waals surface area contributed by atoms with Crippen molar-refractivity contribution in [2.45, 2.75) is 25.4 Å². The van der Waals surface area contributed by atoms with Crippen molar-refractivity contribution in [2.24, 2.45) is 7.05 Å². The number of aliphatic hydroxyl groups excluding tert-OH is 2. The van der Waals surface area contributed by atoms with E-state index in [-0.39, 0.29) is 19.3 Å². The van der Waals surface area contributed by atoms with Crippen LogP contribution >= 0.6 is 0 Å². The minimum Gasteiger partial charge on any atom is -0.394 e. The summed E-state index contributed by atoms with van der Waals surface area (Å²) in [5, 5.41) is 21.5. The van der Waals surface area contributed by atoms with E-state index in [0.29, 0.717) is 0 Å². The summed E-state index contributed by atoms with van der Waals surface area (Å²) in [4.78, 5) is 4.21. The number of aromatic nitrogens is 2. The molecule has 0 aliphatic carbocycles. The zero-order chi connectivity index (χ0) is 11.5. The molecule has 0 aromatic carbocycles. The van der Waals surface area contributed by atoms with Crippen molar-refractivity contribution in [3.8, 4) is 0 Å². The minimum absolute atomic E-state index is 0.0192. The fraction of sp³-hybridized carbons (Fsp3) is 0.700. The van der Waals surface area contributed by atoms with Gasteiger partial charge in [-0.3, -0.25) is 5.32 Å². The molecule has 0 radical (unpaired) electrons. The fourth-order valence-electron chi connectivity index (χ4n) is 1.52. The van der Waals surface area contributed by atoms with Gasteiger partial charge in [0.15, 0.2) is 0 Å². The molecule has 5 heteroatoms. The number of hydrogen-bond acceptors (Lipinski definition) is 4. The average molecular weight is 213 g/mol. The van der Waals surface area contributed by atoms with E-state index in [4.69, 9.17) is 10.2 Å². The van der Waals surface area contributed by atoms with Crippen molar-refractivity contribution in [2.75, 3.05) is 13.2 Å². The van der Waals surface area contributed by atoms with Gasteiger partial charge in [-0.25, -0.2) is 4.98 Å². The van der Waals surface area contributed by atoms with Crippen LogP contribution in [0.5, 0.6) is 0 Å². The van der Waals surface area contributed by atoms with E-state index in [9.17, 15) is 0 Å². The average Bonchev–Trinajstić information content (AvgIpc) is 2.64. The van der Waals surface area contributed by atoms with Gasteiger partial charge in [0.25, 0.3) is 0 Å². The summed E-state index contributed by atoms with van der Waals surface area (Å²) in [5.41, 5.74) is -0.675. The molecule has 1 heterocycles. The second-order valence-corrected chi connectivity index (χ2v) is 4.14. The summed E-state index contributed by atoms with van der Waals surface area (Å²) in [6.07, 6.45) is 3.59. The van der Waals surface area contributed by atoms with Crippen LogP contribution in [-0.2, 0) is 7.05 Å². The van der Waals surface area contributed by atoms with Gasteiger partial charge < -0.3 is 14.8 Å². The molecule has 1 rings (SSSR count). The summed E-state index contributed by atoms with van der Waals surface area (Å²) in [6.45, 7) is 3.49. The molecule has 5 nitrogen and oxygen atoms in total. The summed E-state index contributed by atoms with van der Waals surface area (Å²) in [5.74, 6) is 0.878. The third-order valence-corrected chi connectivity index (χ3v) is 2.51. The Morgan fingerprint density at radius 3 is 2.53 bits per heavy atom. The monoisotopic (exact) mass is 213 g/mol. The number of aryl methyl sites for hydroxylation is 1. The lowest BCUT2D eigenvalue weighted by atomic mass is 10.0. The Morgan fingerprint density at radius 2 is 2.13 bits per heavy atom. The van der Waals surface area contributed by atoms with E-state index in [1.807, 2.05) is 24.7 Å². The highest BCUT2D eigenvalue weighted by Gasteiger charge is 2.25. The molecular weight excluding hydrogens is 194 g/mol. The van der Waals surface area contributed by atoms with Crippen LogP contribution in [0.1, 0.15) is 25.7 Å². The lowest BCUT2D eigenvalue weighted by Crippen LogP contribution is -2.50. The highest BCUT2D eigenvalue weighted by molar-refractivity contribution is 4.99. The smallest absolute Gasteiger partial charge is 0.125 e. The van der Waals surface area contributed by atoms with E-state index in [2.05, 4.69) is 10.3 Å². The highest BCUT2D eigenvalue weighted by Crippen LogP contribution is 2.13. The molecule has 0 saturated heterocycles. The van der Waals surface area contributed by atoms with Crippen LogP contribution in [0, 0.1) is 0 Å². The first kappa shape index (κ1) is 12.2. The van der Waals surface area contributed by atoms with Crippen LogP contribution < -0.4 is 5.32 Å². The molecule has 1 aromatic heterocycles. The summed E-state index contributed by atoms with van der Waals surface area (Å²) < 4.78 is 1.91. The SMILES string of the molecule is CC(NC(C)(CO)CO)c1nccn1C. The number of rotatable bonds is 5. The van der Waals surface area contributed by atoms with Crippen LogP contribution in [0.25, 0.3) is 0 Å². The Kier molecular flexibility index (Phi) is 3.84. The molecule has 0 amide bonds. The predicted octanol–water partition coefficient (Wildman–Crippen LogP) is -0.186. The maximum absolute atomic E-state index is 9.15. The predicted molar refractivity (Wildman–Crippen MR) is 57.3 cm³/mol. The molecule has 0 bridgehead atoms. The Bertz CT molecular complexity index is 307. The Labute approximate surface area is 89.8 Å². The van der Waals surface area contributed by atoms with Crippen molar-refractivity contribution in [3.05, 3.63) is 18.2 Å². The lowest BCUT2D eigenvalue weighted by Gasteiger charge is -2.30. The number of nitrogens with zero attached hydrogens (tertiary/aromatic N) is 2. The standard InChI is InChI=1S/C10H19N3O2/c1-8(9-11-4-5-13(9)3)12-10(2,6-14)7-15/h4-5,8,12,14-15H,6-7H2,1-3H3. The first-order valence-corrected chi connectivity index (χ1v) is 4.99. The van der Waals surface area contributed by atoms with Crippen molar-refractivity contribution < 1.29 is 10.2 Å². The Hall–Kier alpha value is -0.910. The van der Waals surface area contributed by atoms with Gasteiger partial charge in [0.1, 0.15) is 5.82 Å². The largest absolute Gasteiger partial charge is 0.394 e. The van der Waals surface area contributed by atoms with Gasteiger partial charge in [-0.05, 0) is 13.8 Å². The van der Waals surface area contributed by atoms with Crippen LogP contribution in [0.2, 0.25) is 0 Å². The summed E-state index contributed by atoms with van der Waals surface area (Å²) >= 11 is 0. The van der Waals surface area contributed by atoms with Crippen LogP contribution in [0.4, 0.5) is 0 Å². The molecule has 1 atom stereocenters. The van der Waals surface area contributed by atoms with E-state index < -0.39 is 5.54 Å². The van der Waals surface area contributed by atoms with Crippen LogP contribution in [0.15, 0.2) is 12.4 Å². The Morgan fingerprint density at radius 1 is 1.53 bits per heavy atom. The normalized spacial score (nSPS) is 14.2. The molecule has 0 aliphatic rings. The quantitative estimate of drug-likeness (QED) is 0.634. The van der Waals surface area contributed by atoms with E-state index in [1.54, 1.807) is 13.1 Å². The number of hydrogen-bond donors (Lipinski definition) is 3. The second-order valence-electron chi connectivity index (χ2n) is 4.14. The van der Waals surface area contributed by atoms with Gasteiger partial charge in [0, 0.05) is 19.4 Å². The van der Waals surface area contributed by atoms with Crippen molar-refractivity contribution in [3.63, 3.8) is 0 Å². The van der Waals surface area contributed by atoms with Gasteiger partial charge in [-0.15, -0.1) is 0 Å². The second kappa shape index (κ2) is 4.74. The lowest BCUT2D eigenvalue weighted by molar-refractivity contribution is 0.0945. The molecular formula is C10H19N3O2. The molecule has 0 saturated carbocycles. The molecule has 15 heavy (non-hydrogen) atoms. The first-order valence-electron chi connectivity index (χ1n) is 4.99. The van der Waals surface area contributed by atoms with Crippen molar-refractivity contribution >= 4 is 0 Å². The topological polar surface area (TPSA) is 70.3 Å². The maximum atomic E-state index is 9.15. The van der Waals surface area contributed by atoms with Gasteiger partial charge >= 0.3 is 0 Å². The third-order valence-electron chi connectivity index (χ3n) is 2.51. The molecule has 1 aromatic rings. The molecule has 0 fully saturated rings. The van der Waals surface area contributed by atoms with E-state index in [0.717, 1.165) is 5.82 Å².